The summed E-state index contributed by atoms with van der Waals surface area (Å²) in [4.78, 5) is 27.0. The summed E-state index contributed by atoms with van der Waals surface area (Å²) in [6, 6.07) is 8.00. The lowest BCUT2D eigenvalue weighted by Crippen LogP contribution is -2.39. The second-order valence-electron chi connectivity index (χ2n) is 9.22. The van der Waals surface area contributed by atoms with Crippen LogP contribution < -0.4 is 5.32 Å². The molecule has 0 aliphatic rings. The Morgan fingerprint density at radius 3 is 2.60 bits per heavy atom. The van der Waals surface area contributed by atoms with Crippen molar-refractivity contribution in [1.29, 1.82) is 0 Å². The van der Waals surface area contributed by atoms with E-state index in [-0.39, 0.29) is 29.7 Å². The molecule has 1 heterocycles. The lowest BCUT2D eigenvalue weighted by molar-refractivity contribution is -0.135. The lowest BCUT2D eigenvalue weighted by Gasteiger charge is -2.26. The quantitative estimate of drug-likeness (QED) is 0.597. The van der Waals surface area contributed by atoms with Crippen LogP contribution in [0.4, 0.5) is 5.13 Å². The highest BCUT2D eigenvalue weighted by Crippen LogP contribution is 2.27. The van der Waals surface area contributed by atoms with E-state index < -0.39 is 0 Å². The number of hydrogen-bond acceptors (Lipinski definition) is 5. The number of rotatable bonds is 9. The Kier molecular flexibility index (Phi) is 8.53. The zero-order valence-corrected chi connectivity index (χ0v) is 19.8. The Labute approximate surface area is 184 Å². The normalized spacial score (nSPS) is 12.5. The molecule has 6 nitrogen and oxygen atoms in total. The van der Waals surface area contributed by atoms with Crippen molar-refractivity contribution in [3.63, 3.8) is 0 Å². The molecule has 0 saturated heterocycles. The van der Waals surface area contributed by atoms with Crippen LogP contribution >= 0.6 is 11.3 Å². The summed E-state index contributed by atoms with van der Waals surface area (Å²) < 4.78 is 0. The fraction of sp³-hybridized carbons (Fsp3) is 0.565. The van der Waals surface area contributed by atoms with Crippen LogP contribution in [-0.4, -0.2) is 40.0 Å². The number of nitrogens with one attached hydrogen (secondary N) is 1. The number of aromatic nitrogens is 2. The first-order valence-electron chi connectivity index (χ1n) is 10.6. The van der Waals surface area contributed by atoms with E-state index in [4.69, 9.17) is 0 Å². The maximum absolute atomic E-state index is 12.8. The molecule has 0 fully saturated rings. The summed E-state index contributed by atoms with van der Waals surface area (Å²) in [5.74, 6) is 0.0636. The van der Waals surface area contributed by atoms with Gasteiger partial charge in [-0.2, -0.15) is 0 Å². The van der Waals surface area contributed by atoms with Gasteiger partial charge in [0.25, 0.3) is 0 Å². The van der Waals surface area contributed by atoms with Gasteiger partial charge in [0.1, 0.15) is 5.01 Å². The predicted molar refractivity (Wildman–Crippen MR) is 123 cm³/mol. The number of benzene rings is 1. The summed E-state index contributed by atoms with van der Waals surface area (Å²) in [6.07, 6.45) is 2.24. The highest BCUT2D eigenvalue weighted by Gasteiger charge is 2.22. The van der Waals surface area contributed by atoms with Crippen LogP contribution in [0.5, 0.6) is 0 Å². The van der Waals surface area contributed by atoms with E-state index in [1.807, 2.05) is 38.1 Å². The Morgan fingerprint density at radius 1 is 1.23 bits per heavy atom. The number of carbonyl (C=O) groups excluding carboxylic acids is 2. The van der Waals surface area contributed by atoms with Gasteiger partial charge in [-0.25, -0.2) is 0 Å². The molecule has 1 aromatic heterocycles. The summed E-state index contributed by atoms with van der Waals surface area (Å²) in [6.45, 7) is 13.3. The van der Waals surface area contributed by atoms with Gasteiger partial charge >= 0.3 is 0 Å². The van der Waals surface area contributed by atoms with E-state index in [1.165, 1.54) is 11.3 Å². The van der Waals surface area contributed by atoms with Crippen molar-refractivity contribution in [2.45, 2.75) is 60.8 Å². The van der Waals surface area contributed by atoms with E-state index in [9.17, 15) is 9.59 Å². The number of aryl methyl sites for hydroxylation is 1. The third kappa shape index (κ3) is 7.86. The van der Waals surface area contributed by atoms with Gasteiger partial charge in [-0.3, -0.25) is 14.9 Å². The molecule has 30 heavy (non-hydrogen) atoms. The van der Waals surface area contributed by atoms with Crippen molar-refractivity contribution in [2.24, 2.45) is 11.3 Å². The molecule has 0 aliphatic carbocycles. The molecule has 1 atom stereocenters. The Hall–Kier alpha value is -2.28. The summed E-state index contributed by atoms with van der Waals surface area (Å²) >= 11 is 1.33. The van der Waals surface area contributed by atoms with Crippen molar-refractivity contribution < 1.29 is 9.59 Å². The molecule has 0 bridgehead atoms. The van der Waals surface area contributed by atoms with Gasteiger partial charge in [0.15, 0.2) is 0 Å². The van der Waals surface area contributed by atoms with Crippen LogP contribution in [0.1, 0.15) is 59.4 Å². The zero-order chi connectivity index (χ0) is 22.3. The number of hydrogen-bond donors (Lipinski definition) is 1. The third-order valence-corrected chi connectivity index (χ3v) is 5.49. The Balaban J connectivity index is 1.96. The average molecular weight is 431 g/mol. The van der Waals surface area contributed by atoms with Crippen molar-refractivity contribution in [3.8, 4) is 10.6 Å². The van der Waals surface area contributed by atoms with Crippen LogP contribution in [0.2, 0.25) is 0 Å². The maximum atomic E-state index is 12.8. The molecule has 0 saturated carbocycles. The summed E-state index contributed by atoms with van der Waals surface area (Å²) in [5.41, 5.74) is 2.30. The second-order valence-corrected chi connectivity index (χ2v) is 10.2. The van der Waals surface area contributed by atoms with Gasteiger partial charge in [0.05, 0.1) is 6.54 Å². The summed E-state index contributed by atoms with van der Waals surface area (Å²) in [5, 5.41) is 12.3. The lowest BCUT2D eigenvalue weighted by atomic mass is 9.84. The molecule has 164 valence electrons. The van der Waals surface area contributed by atoms with Gasteiger partial charge < -0.3 is 4.90 Å². The van der Waals surface area contributed by atoms with E-state index in [0.29, 0.717) is 18.1 Å². The van der Waals surface area contributed by atoms with Crippen LogP contribution in [0, 0.1) is 18.3 Å². The van der Waals surface area contributed by atoms with Crippen LogP contribution in [0.25, 0.3) is 10.6 Å². The van der Waals surface area contributed by atoms with E-state index in [2.05, 4.69) is 43.2 Å². The number of nitrogens with zero attached hydrogens (tertiary/aromatic N) is 3. The fourth-order valence-corrected chi connectivity index (χ4v) is 4.36. The van der Waals surface area contributed by atoms with Gasteiger partial charge in [0, 0.05) is 18.5 Å². The first-order valence-corrected chi connectivity index (χ1v) is 11.4. The monoisotopic (exact) mass is 430 g/mol. The molecule has 0 spiro atoms. The first-order chi connectivity index (χ1) is 14.1. The van der Waals surface area contributed by atoms with Crippen LogP contribution in [0.3, 0.4) is 0 Å². The number of amides is 2. The number of anilines is 1. The largest absolute Gasteiger partial charge is 0.333 e. The minimum absolute atomic E-state index is 0.0291. The molecular weight excluding hydrogens is 396 g/mol. The average Bonchev–Trinajstić information content (AvgIpc) is 3.08. The van der Waals surface area contributed by atoms with Gasteiger partial charge in [0.2, 0.25) is 16.9 Å². The van der Waals surface area contributed by atoms with Gasteiger partial charge in [-0.05, 0) is 37.2 Å². The van der Waals surface area contributed by atoms with E-state index in [0.717, 1.165) is 29.0 Å². The predicted octanol–water partition coefficient (Wildman–Crippen LogP) is 5.15. The molecule has 2 amide bonds. The smallest absolute Gasteiger partial charge is 0.245 e. The first kappa shape index (κ1) is 24.0. The van der Waals surface area contributed by atoms with Crippen molar-refractivity contribution in [1.82, 2.24) is 15.1 Å². The van der Waals surface area contributed by atoms with Gasteiger partial charge in [-0.15, -0.1) is 10.2 Å². The highest BCUT2D eigenvalue weighted by molar-refractivity contribution is 7.18. The molecule has 0 aliphatic heterocycles. The molecule has 1 aromatic carbocycles. The molecule has 0 radical (unpaired) electrons. The maximum Gasteiger partial charge on any atom is 0.245 e. The molecule has 0 unspecified atom stereocenters. The fourth-order valence-electron chi connectivity index (χ4n) is 3.61. The second kappa shape index (κ2) is 10.7. The van der Waals surface area contributed by atoms with Gasteiger partial charge in [-0.1, -0.05) is 69.7 Å². The SMILES string of the molecule is CCCN(CC(=O)Nc1nnc(-c2cccc(C)c2)s1)C(=O)C[C@@H](C)CC(C)(C)C. The molecule has 2 rings (SSSR count). The van der Waals surface area contributed by atoms with E-state index in [1.54, 1.807) is 4.90 Å². The van der Waals surface area contributed by atoms with Crippen molar-refractivity contribution >= 4 is 28.3 Å². The topological polar surface area (TPSA) is 75.2 Å². The van der Waals surface area contributed by atoms with E-state index >= 15 is 0 Å². The minimum Gasteiger partial charge on any atom is -0.333 e. The van der Waals surface area contributed by atoms with Crippen molar-refractivity contribution in [2.75, 3.05) is 18.4 Å². The molecule has 7 heteroatoms. The Bertz CT molecular complexity index is 857. The van der Waals surface area contributed by atoms with Crippen LogP contribution in [-0.2, 0) is 9.59 Å². The number of carbonyl (C=O) groups is 2. The molecule has 1 N–H and O–H groups in total. The standard InChI is InChI=1S/C23H34N4O2S/c1-7-11-27(20(29)13-17(3)14-23(4,5)6)15-19(28)24-22-26-25-21(30-22)18-10-8-9-16(2)12-18/h8-10,12,17H,7,11,13-15H2,1-6H3,(H,24,26,28)/t17-/m1/s1. The zero-order valence-electron chi connectivity index (χ0n) is 19.0. The van der Waals surface area contributed by atoms with Crippen LogP contribution in [0.15, 0.2) is 24.3 Å². The minimum atomic E-state index is -0.243. The molecular formula is C23H34N4O2S. The van der Waals surface area contributed by atoms with Crippen molar-refractivity contribution in [3.05, 3.63) is 29.8 Å². The highest BCUT2D eigenvalue weighted by atomic mass is 32.1. The summed E-state index contributed by atoms with van der Waals surface area (Å²) in [7, 11) is 0. The Morgan fingerprint density at radius 2 is 1.97 bits per heavy atom. The molecule has 2 aromatic rings. The third-order valence-electron chi connectivity index (χ3n) is 4.60.